The molecule has 0 aliphatic carbocycles. The first-order chi connectivity index (χ1) is 14.2. The van der Waals surface area contributed by atoms with Gasteiger partial charge in [-0.15, -0.1) is 0 Å². The highest BCUT2D eigenvalue weighted by molar-refractivity contribution is 6.30. The number of aliphatic hydroxyl groups excluding tert-OH is 1. The SMILES string of the molecule is OCCNCCCc1cc(-c2ccc3ccccc3c2)nn1-c1cccc(Cl)c1. The first-order valence-corrected chi connectivity index (χ1v) is 10.3. The Balaban J connectivity index is 1.67. The molecule has 0 radical (unpaired) electrons. The lowest BCUT2D eigenvalue weighted by Gasteiger charge is -2.08. The van der Waals surface area contributed by atoms with E-state index in [2.05, 4.69) is 53.8 Å². The van der Waals surface area contributed by atoms with E-state index in [1.54, 1.807) is 0 Å². The number of hydrogen-bond donors (Lipinski definition) is 2. The van der Waals surface area contributed by atoms with Crippen LogP contribution in [0.1, 0.15) is 12.1 Å². The molecule has 0 saturated heterocycles. The molecule has 0 aliphatic heterocycles. The van der Waals surface area contributed by atoms with Crippen molar-refractivity contribution in [2.75, 3.05) is 19.7 Å². The number of nitrogens with one attached hydrogen (secondary N) is 1. The Kier molecular flexibility index (Phi) is 6.25. The minimum absolute atomic E-state index is 0.159. The lowest BCUT2D eigenvalue weighted by atomic mass is 10.0. The summed E-state index contributed by atoms with van der Waals surface area (Å²) in [6.07, 6.45) is 1.84. The van der Waals surface area contributed by atoms with Gasteiger partial charge < -0.3 is 10.4 Å². The molecule has 4 rings (SSSR count). The highest BCUT2D eigenvalue weighted by Gasteiger charge is 2.12. The lowest BCUT2D eigenvalue weighted by molar-refractivity contribution is 0.292. The van der Waals surface area contributed by atoms with E-state index in [4.69, 9.17) is 21.8 Å². The molecule has 0 spiro atoms. The van der Waals surface area contributed by atoms with Crippen LogP contribution < -0.4 is 5.32 Å². The molecule has 148 valence electrons. The molecule has 0 fully saturated rings. The van der Waals surface area contributed by atoms with Crippen molar-refractivity contribution in [3.8, 4) is 16.9 Å². The van der Waals surface area contributed by atoms with Crippen molar-refractivity contribution in [2.45, 2.75) is 12.8 Å². The molecule has 0 atom stereocenters. The summed E-state index contributed by atoms with van der Waals surface area (Å²) in [6, 6.07) is 24.8. The van der Waals surface area contributed by atoms with Crippen molar-refractivity contribution in [1.29, 1.82) is 0 Å². The topological polar surface area (TPSA) is 50.1 Å². The molecule has 0 unspecified atom stereocenters. The summed E-state index contributed by atoms with van der Waals surface area (Å²) in [5.41, 5.74) is 4.15. The van der Waals surface area contributed by atoms with Crippen LogP contribution in [-0.4, -0.2) is 34.6 Å². The molecule has 1 heterocycles. The Bertz CT molecular complexity index is 1110. The summed E-state index contributed by atoms with van der Waals surface area (Å²) >= 11 is 6.22. The fourth-order valence-corrected chi connectivity index (χ4v) is 3.70. The van der Waals surface area contributed by atoms with Crippen molar-refractivity contribution in [3.63, 3.8) is 0 Å². The summed E-state index contributed by atoms with van der Waals surface area (Å²) in [5.74, 6) is 0. The van der Waals surface area contributed by atoms with Crippen molar-refractivity contribution in [1.82, 2.24) is 15.1 Å². The number of nitrogens with zero attached hydrogens (tertiary/aromatic N) is 2. The summed E-state index contributed by atoms with van der Waals surface area (Å²) in [5, 5.41) is 20.2. The third-order valence-electron chi connectivity index (χ3n) is 4.96. The van der Waals surface area contributed by atoms with Gasteiger partial charge in [0, 0.05) is 22.8 Å². The molecule has 4 aromatic rings. The zero-order valence-corrected chi connectivity index (χ0v) is 16.9. The van der Waals surface area contributed by atoms with Crippen LogP contribution in [0.25, 0.3) is 27.7 Å². The van der Waals surface area contributed by atoms with Crippen LogP contribution in [0.3, 0.4) is 0 Å². The fourth-order valence-electron chi connectivity index (χ4n) is 3.52. The normalized spacial score (nSPS) is 11.2. The minimum atomic E-state index is 0.159. The predicted octanol–water partition coefficient (Wildman–Crippen LogP) is 4.86. The maximum Gasteiger partial charge on any atom is 0.0930 e. The molecule has 1 aromatic heterocycles. The van der Waals surface area contributed by atoms with Gasteiger partial charge >= 0.3 is 0 Å². The van der Waals surface area contributed by atoms with Crippen molar-refractivity contribution in [3.05, 3.63) is 83.5 Å². The van der Waals surface area contributed by atoms with E-state index in [-0.39, 0.29) is 6.61 Å². The third kappa shape index (κ3) is 4.67. The zero-order valence-electron chi connectivity index (χ0n) is 16.2. The Hall–Kier alpha value is -2.66. The van der Waals surface area contributed by atoms with E-state index in [0.29, 0.717) is 11.6 Å². The third-order valence-corrected chi connectivity index (χ3v) is 5.19. The van der Waals surface area contributed by atoms with Gasteiger partial charge in [-0.25, -0.2) is 4.68 Å². The number of halogens is 1. The Labute approximate surface area is 175 Å². The van der Waals surface area contributed by atoms with Gasteiger partial charge in [0.1, 0.15) is 0 Å². The first kappa shape index (κ1) is 19.6. The second kappa shape index (κ2) is 9.23. The summed E-state index contributed by atoms with van der Waals surface area (Å²) in [6.45, 7) is 1.63. The van der Waals surface area contributed by atoms with Crippen LogP contribution in [-0.2, 0) is 6.42 Å². The van der Waals surface area contributed by atoms with Crippen LogP contribution >= 0.6 is 11.6 Å². The molecule has 0 saturated carbocycles. The lowest BCUT2D eigenvalue weighted by Crippen LogP contribution is -2.20. The number of aryl methyl sites for hydroxylation is 1. The van der Waals surface area contributed by atoms with E-state index in [1.807, 2.05) is 28.9 Å². The average molecular weight is 406 g/mol. The molecular weight excluding hydrogens is 382 g/mol. The van der Waals surface area contributed by atoms with Crippen LogP contribution in [0.4, 0.5) is 0 Å². The van der Waals surface area contributed by atoms with Gasteiger partial charge in [-0.3, -0.25) is 0 Å². The predicted molar refractivity (Wildman–Crippen MR) is 120 cm³/mol. The Morgan fingerprint density at radius 1 is 0.897 bits per heavy atom. The number of benzene rings is 3. The molecule has 4 nitrogen and oxygen atoms in total. The summed E-state index contributed by atoms with van der Waals surface area (Å²) in [4.78, 5) is 0. The number of hydrogen-bond acceptors (Lipinski definition) is 3. The first-order valence-electron chi connectivity index (χ1n) is 9.90. The molecule has 0 amide bonds. The monoisotopic (exact) mass is 405 g/mol. The second-order valence-electron chi connectivity index (χ2n) is 7.05. The maximum atomic E-state index is 8.92. The van der Waals surface area contributed by atoms with E-state index >= 15 is 0 Å². The van der Waals surface area contributed by atoms with Crippen molar-refractivity contribution >= 4 is 22.4 Å². The summed E-state index contributed by atoms with van der Waals surface area (Å²) in [7, 11) is 0. The van der Waals surface area contributed by atoms with Gasteiger partial charge in [0.2, 0.25) is 0 Å². The molecule has 29 heavy (non-hydrogen) atoms. The maximum absolute atomic E-state index is 8.92. The number of fused-ring (bicyclic) bond motifs is 1. The Morgan fingerprint density at radius 3 is 2.59 bits per heavy atom. The summed E-state index contributed by atoms with van der Waals surface area (Å²) < 4.78 is 1.99. The number of aromatic nitrogens is 2. The zero-order chi connectivity index (χ0) is 20.1. The van der Waals surface area contributed by atoms with E-state index < -0.39 is 0 Å². The number of aliphatic hydroxyl groups is 1. The van der Waals surface area contributed by atoms with Crippen LogP contribution in [0, 0.1) is 0 Å². The second-order valence-corrected chi connectivity index (χ2v) is 7.49. The molecule has 0 bridgehead atoms. The molecular formula is C24H24ClN3O. The largest absolute Gasteiger partial charge is 0.395 e. The van der Waals surface area contributed by atoms with E-state index in [0.717, 1.165) is 42.0 Å². The highest BCUT2D eigenvalue weighted by Crippen LogP contribution is 2.26. The molecule has 5 heteroatoms. The van der Waals surface area contributed by atoms with Gasteiger partial charge in [-0.2, -0.15) is 5.10 Å². The van der Waals surface area contributed by atoms with Crippen LogP contribution in [0.5, 0.6) is 0 Å². The van der Waals surface area contributed by atoms with Crippen LogP contribution in [0.2, 0.25) is 5.02 Å². The fraction of sp³-hybridized carbons (Fsp3) is 0.208. The molecule has 2 N–H and O–H groups in total. The van der Waals surface area contributed by atoms with Gasteiger partial charge in [0.05, 0.1) is 18.0 Å². The van der Waals surface area contributed by atoms with Crippen molar-refractivity contribution in [2.24, 2.45) is 0 Å². The van der Waals surface area contributed by atoms with Gasteiger partial charge in [0.15, 0.2) is 0 Å². The van der Waals surface area contributed by atoms with Gasteiger partial charge in [-0.1, -0.05) is 54.1 Å². The average Bonchev–Trinajstić information content (AvgIpc) is 3.17. The van der Waals surface area contributed by atoms with Crippen molar-refractivity contribution < 1.29 is 5.11 Å². The minimum Gasteiger partial charge on any atom is -0.395 e. The van der Waals surface area contributed by atoms with E-state index in [1.165, 1.54) is 10.8 Å². The molecule has 3 aromatic carbocycles. The Morgan fingerprint density at radius 2 is 1.76 bits per heavy atom. The van der Waals surface area contributed by atoms with Gasteiger partial charge in [-0.05, 0) is 60.5 Å². The van der Waals surface area contributed by atoms with Gasteiger partial charge in [0.25, 0.3) is 0 Å². The quantitative estimate of drug-likeness (QED) is 0.411. The standard InChI is InChI=1S/C24H24ClN3O/c25-21-7-3-8-22(16-21)28-23(9-4-12-26-13-14-29)17-24(27-28)20-11-10-18-5-1-2-6-19(18)15-20/h1-3,5-8,10-11,15-17,26,29H,4,9,12-14H2. The van der Waals surface area contributed by atoms with Crippen LogP contribution in [0.15, 0.2) is 72.8 Å². The highest BCUT2D eigenvalue weighted by atomic mass is 35.5. The smallest absolute Gasteiger partial charge is 0.0930 e. The number of rotatable bonds is 8. The van der Waals surface area contributed by atoms with E-state index in [9.17, 15) is 0 Å². The molecule has 0 aliphatic rings.